The van der Waals surface area contributed by atoms with Gasteiger partial charge in [0.15, 0.2) is 5.96 Å². The second kappa shape index (κ2) is 13.7. The Morgan fingerprint density at radius 2 is 1.77 bits per heavy atom. The molecule has 1 aliphatic heterocycles. The molecule has 6 heteroatoms. The highest BCUT2D eigenvalue weighted by Gasteiger charge is 2.20. The molecule has 170 valence electrons. The quantitative estimate of drug-likeness (QED) is 0.274. The molecular weight excluding hydrogens is 499 g/mol. The predicted octanol–water partition coefficient (Wildman–Crippen LogP) is 3.74. The number of hydrogen-bond acceptors (Lipinski definition) is 3. The van der Waals surface area contributed by atoms with Crippen LogP contribution in [0.2, 0.25) is 0 Å². The lowest BCUT2D eigenvalue weighted by molar-refractivity contribution is 0.183. The highest BCUT2D eigenvalue weighted by atomic mass is 127. The Kier molecular flexibility index (Phi) is 11.3. The van der Waals surface area contributed by atoms with Crippen LogP contribution in [-0.2, 0) is 13.0 Å². The number of aliphatic hydroxyl groups is 1. The molecule has 1 fully saturated rings. The summed E-state index contributed by atoms with van der Waals surface area (Å²) in [4.78, 5) is 7.17. The summed E-state index contributed by atoms with van der Waals surface area (Å²) in [5, 5.41) is 17.2. The van der Waals surface area contributed by atoms with E-state index in [9.17, 15) is 5.11 Å². The highest BCUT2D eigenvalue weighted by Crippen LogP contribution is 2.16. The number of halogens is 1. The molecule has 2 aromatic carbocycles. The summed E-state index contributed by atoms with van der Waals surface area (Å²) < 4.78 is 0. The van der Waals surface area contributed by atoms with Crippen molar-refractivity contribution in [2.75, 3.05) is 26.2 Å². The van der Waals surface area contributed by atoms with Gasteiger partial charge in [0.1, 0.15) is 0 Å². The second-order valence-electron chi connectivity index (χ2n) is 8.18. The zero-order valence-corrected chi connectivity index (χ0v) is 21.1. The molecule has 0 spiro atoms. The van der Waals surface area contributed by atoms with Crippen LogP contribution in [0.25, 0.3) is 0 Å². The molecule has 0 aromatic heterocycles. The average molecular weight is 537 g/mol. The third-order valence-corrected chi connectivity index (χ3v) is 5.70. The van der Waals surface area contributed by atoms with Gasteiger partial charge in [0.2, 0.25) is 0 Å². The Labute approximate surface area is 204 Å². The first-order valence-corrected chi connectivity index (χ1v) is 11.2. The fourth-order valence-corrected chi connectivity index (χ4v) is 3.92. The Bertz CT molecular complexity index is 791. The summed E-state index contributed by atoms with van der Waals surface area (Å²) in [5.74, 6) is 0.807. The minimum absolute atomic E-state index is 0. The van der Waals surface area contributed by atoms with E-state index in [1.165, 1.54) is 11.1 Å². The van der Waals surface area contributed by atoms with Crippen molar-refractivity contribution in [3.63, 3.8) is 0 Å². The second-order valence-corrected chi connectivity index (χ2v) is 8.18. The number of piperidine rings is 1. The first kappa shape index (κ1) is 25.6. The maximum atomic E-state index is 10.4. The van der Waals surface area contributed by atoms with E-state index in [4.69, 9.17) is 0 Å². The van der Waals surface area contributed by atoms with E-state index in [-0.39, 0.29) is 24.0 Å². The zero-order valence-electron chi connectivity index (χ0n) is 18.8. The van der Waals surface area contributed by atoms with Gasteiger partial charge in [-0.1, -0.05) is 54.6 Å². The van der Waals surface area contributed by atoms with Crippen LogP contribution in [0.15, 0.2) is 59.6 Å². The number of guanidine groups is 1. The van der Waals surface area contributed by atoms with E-state index in [1.807, 2.05) is 30.3 Å². The number of aliphatic imine (C=N–C) groups is 1. The van der Waals surface area contributed by atoms with Crippen LogP contribution in [0.3, 0.4) is 0 Å². The average Bonchev–Trinajstić information content (AvgIpc) is 2.76. The van der Waals surface area contributed by atoms with Crippen LogP contribution in [0, 0.1) is 6.92 Å². The monoisotopic (exact) mass is 536 g/mol. The maximum Gasteiger partial charge on any atom is 0.191 e. The van der Waals surface area contributed by atoms with Gasteiger partial charge in [-0.15, -0.1) is 24.0 Å². The molecule has 5 nitrogen and oxygen atoms in total. The lowest BCUT2D eigenvalue weighted by atomic mass is 10.0. The molecule has 0 radical (unpaired) electrons. The van der Waals surface area contributed by atoms with Crippen LogP contribution in [0.5, 0.6) is 0 Å². The summed E-state index contributed by atoms with van der Waals surface area (Å²) in [6, 6.07) is 19.2. The molecule has 0 saturated carbocycles. The van der Waals surface area contributed by atoms with Crippen molar-refractivity contribution < 1.29 is 5.11 Å². The lowest BCUT2D eigenvalue weighted by Gasteiger charge is -2.33. The van der Waals surface area contributed by atoms with E-state index in [1.54, 1.807) is 0 Å². The third kappa shape index (κ3) is 8.79. The number of rotatable bonds is 8. The minimum atomic E-state index is -0.473. The summed E-state index contributed by atoms with van der Waals surface area (Å²) in [5.41, 5.74) is 3.93. The summed E-state index contributed by atoms with van der Waals surface area (Å²) >= 11 is 0. The number of aliphatic hydroxyl groups excluding tert-OH is 1. The fraction of sp³-hybridized carbons (Fsp3) is 0.480. The van der Waals surface area contributed by atoms with Crippen LogP contribution in [0.4, 0.5) is 0 Å². The van der Waals surface area contributed by atoms with E-state index in [2.05, 4.69) is 58.6 Å². The summed E-state index contributed by atoms with van der Waals surface area (Å²) in [7, 11) is 0. The first-order chi connectivity index (χ1) is 14.6. The first-order valence-electron chi connectivity index (χ1n) is 11.2. The predicted molar refractivity (Wildman–Crippen MR) is 140 cm³/mol. The number of likely N-dealkylation sites (tertiary alicyclic amines) is 1. The summed E-state index contributed by atoms with van der Waals surface area (Å²) in [6.07, 6.45) is 2.35. The standard InChI is InChI=1S/C25H36N4O.HI/c1-3-26-25(27-18-24(30)17-21-10-5-4-6-11-21)28-23-13-15-29(16-14-23)19-22-12-8-7-9-20(22)2;/h4-12,23-24,30H,3,13-19H2,1-2H3,(H2,26,27,28);1H. The van der Waals surface area contributed by atoms with Gasteiger partial charge in [0, 0.05) is 38.6 Å². The van der Waals surface area contributed by atoms with Gasteiger partial charge in [-0.05, 0) is 43.4 Å². The molecule has 0 aliphatic carbocycles. The fourth-order valence-electron chi connectivity index (χ4n) is 3.92. The van der Waals surface area contributed by atoms with Crippen molar-refractivity contribution in [3.05, 3.63) is 71.3 Å². The molecule has 1 saturated heterocycles. The van der Waals surface area contributed by atoms with Gasteiger partial charge in [-0.2, -0.15) is 0 Å². The number of aryl methyl sites for hydroxylation is 1. The van der Waals surface area contributed by atoms with E-state index < -0.39 is 6.10 Å². The molecule has 0 bridgehead atoms. The minimum Gasteiger partial charge on any atom is -0.391 e. The molecule has 1 aliphatic rings. The van der Waals surface area contributed by atoms with Gasteiger partial charge in [0.05, 0.1) is 12.6 Å². The third-order valence-electron chi connectivity index (χ3n) is 5.70. The van der Waals surface area contributed by atoms with Gasteiger partial charge in [0.25, 0.3) is 0 Å². The molecule has 31 heavy (non-hydrogen) atoms. The maximum absolute atomic E-state index is 10.4. The van der Waals surface area contributed by atoms with E-state index in [0.29, 0.717) is 19.0 Å². The molecule has 1 unspecified atom stereocenters. The van der Waals surface area contributed by atoms with Gasteiger partial charge in [-0.3, -0.25) is 9.89 Å². The number of hydrogen-bond donors (Lipinski definition) is 3. The van der Waals surface area contributed by atoms with Crippen molar-refractivity contribution >= 4 is 29.9 Å². The highest BCUT2D eigenvalue weighted by molar-refractivity contribution is 14.0. The van der Waals surface area contributed by atoms with Gasteiger partial charge >= 0.3 is 0 Å². The van der Waals surface area contributed by atoms with Crippen molar-refractivity contribution in [2.45, 2.75) is 51.8 Å². The number of benzene rings is 2. The van der Waals surface area contributed by atoms with Crippen molar-refractivity contribution in [2.24, 2.45) is 4.99 Å². The van der Waals surface area contributed by atoms with Crippen molar-refractivity contribution in [1.29, 1.82) is 0 Å². The van der Waals surface area contributed by atoms with Crippen LogP contribution in [-0.4, -0.2) is 54.3 Å². The van der Waals surface area contributed by atoms with Gasteiger partial charge in [-0.25, -0.2) is 0 Å². The van der Waals surface area contributed by atoms with E-state index in [0.717, 1.165) is 50.5 Å². The molecule has 3 N–H and O–H groups in total. The molecule has 2 aromatic rings. The van der Waals surface area contributed by atoms with Crippen LogP contribution < -0.4 is 10.6 Å². The number of nitrogens with one attached hydrogen (secondary N) is 2. The zero-order chi connectivity index (χ0) is 21.2. The normalized spacial score (nSPS) is 16.4. The SMILES string of the molecule is CCNC(=NCC(O)Cc1ccccc1)NC1CCN(Cc2ccccc2C)CC1.I. The largest absolute Gasteiger partial charge is 0.391 e. The Hall–Kier alpha value is -1.64. The Morgan fingerprint density at radius 3 is 2.45 bits per heavy atom. The van der Waals surface area contributed by atoms with Crippen molar-refractivity contribution in [1.82, 2.24) is 15.5 Å². The summed E-state index contributed by atoms with van der Waals surface area (Å²) in [6.45, 7) is 8.67. The Balaban J connectivity index is 0.00000341. The molecule has 1 heterocycles. The van der Waals surface area contributed by atoms with Crippen LogP contribution >= 0.6 is 24.0 Å². The topological polar surface area (TPSA) is 59.9 Å². The van der Waals surface area contributed by atoms with Crippen molar-refractivity contribution in [3.8, 4) is 0 Å². The molecule has 1 atom stereocenters. The smallest absolute Gasteiger partial charge is 0.191 e. The number of nitrogens with zero attached hydrogens (tertiary/aromatic N) is 2. The van der Waals surface area contributed by atoms with Gasteiger partial charge < -0.3 is 15.7 Å². The molecular formula is C25H37IN4O. The van der Waals surface area contributed by atoms with Crippen LogP contribution in [0.1, 0.15) is 36.5 Å². The Morgan fingerprint density at radius 1 is 1.10 bits per heavy atom. The molecule has 0 amide bonds. The van der Waals surface area contributed by atoms with E-state index >= 15 is 0 Å². The lowest BCUT2D eigenvalue weighted by Crippen LogP contribution is -2.48. The molecule has 3 rings (SSSR count).